The van der Waals surface area contributed by atoms with Gasteiger partial charge in [0, 0.05) is 24.2 Å². The third-order valence-corrected chi connectivity index (χ3v) is 4.23. The molecule has 0 bridgehead atoms. The molecule has 23 heavy (non-hydrogen) atoms. The Morgan fingerprint density at radius 2 is 2.35 bits per heavy atom. The second-order valence-electron chi connectivity index (χ2n) is 5.75. The largest absolute Gasteiger partial charge is 0.361 e. The van der Waals surface area contributed by atoms with E-state index in [4.69, 9.17) is 4.52 Å². The minimum Gasteiger partial charge on any atom is -0.361 e. The van der Waals surface area contributed by atoms with Crippen molar-refractivity contribution in [1.29, 1.82) is 0 Å². The van der Waals surface area contributed by atoms with Crippen LogP contribution in [-0.4, -0.2) is 22.6 Å². The number of hydrogen-bond donors (Lipinski definition) is 1. The van der Waals surface area contributed by atoms with Crippen molar-refractivity contribution < 1.29 is 13.7 Å². The molecule has 0 aliphatic carbocycles. The summed E-state index contributed by atoms with van der Waals surface area (Å²) in [6.45, 7) is 4.58. The molecular weight excluding hydrogens is 297 g/mol. The highest BCUT2D eigenvalue weighted by atomic mass is 19.1. The number of likely N-dealkylation sites (tertiary alicyclic amines) is 1. The Bertz CT molecular complexity index is 714. The molecule has 1 aromatic heterocycles. The van der Waals surface area contributed by atoms with Crippen molar-refractivity contribution in [3.05, 3.63) is 47.1 Å². The van der Waals surface area contributed by atoms with E-state index in [0.29, 0.717) is 12.2 Å². The first-order valence-electron chi connectivity index (χ1n) is 7.88. The van der Waals surface area contributed by atoms with Crippen LogP contribution in [0.4, 0.5) is 14.9 Å². The van der Waals surface area contributed by atoms with Gasteiger partial charge in [0.2, 0.25) is 0 Å². The molecule has 2 aromatic rings. The summed E-state index contributed by atoms with van der Waals surface area (Å²) in [4.78, 5) is 14.4. The first kappa shape index (κ1) is 15.5. The van der Waals surface area contributed by atoms with E-state index >= 15 is 0 Å². The zero-order valence-corrected chi connectivity index (χ0v) is 13.3. The summed E-state index contributed by atoms with van der Waals surface area (Å²) in [7, 11) is 0. The molecule has 6 heteroatoms. The third-order valence-electron chi connectivity index (χ3n) is 4.23. The average molecular weight is 317 g/mol. The topological polar surface area (TPSA) is 58.4 Å². The predicted octanol–water partition coefficient (Wildman–Crippen LogP) is 4.05. The molecule has 1 fully saturated rings. The third kappa shape index (κ3) is 3.06. The highest BCUT2D eigenvalue weighted by molar-refractivity contribution is 5.89. The van der Waals surface area contributed by atoms with Crippen molar-refractivity contribution >= 4 is 11.7 Å². The monoisotopic (exact) mass is 317 g/mol. The molecule has 0 spiro atoms. The maximum Gasteiger partial charge on any atom is 0.322 e. The summed E-state index contributed by atoms with van der Waals surface area (Å²) < 4.78 is 18.6. The highest BCUT2D eigenvalue weighted by Crippen LogP contribution is 2.36. The lowest BCUT2D eigenvalue weighted by atomic mass is 10.0. The van der Waals surface area contributed by atoms with Crippen LogP contribution in [0.15, 0.2) is 28.8 Å². The molecule has 1 aromatic carbocycles. The molecule has 2 heterocycles. The molecular formula is C17H20FN3O2. The molecule has 1 N–H and O–H groups in total. The van der Waals surface area contributed by atoms with Crippen molar-refractivity contribution in [2.75, 3.05) is 11.9 Å². The normalized spacial score (nSPS) is 17.5. The Hall–Kier alpha value is -2.37. The van der Waals surface area contributed by atoms with Crippen LogP contribution in [0.1, 0.15) is 42.8 Å². The van der Waals surface area contributed by atoms with Gasteiger partial charge in [0.15, 0.2) is 0 Å². The predicted molar refractivity (Wildman–Crippen MR) is 84.7 cm³/mol. The van der Waals surface area contributed by atoms with Gasteiger partial charge in [-0.05, 0) is 38.0 Å². The Balaban J connectivity index is 1.81. The van der Waals surface area contributed by atoms with Crippen molar-refractivity contribution in [3.63, 3.8) is 0 Å². The van der Waals surface area contributed by atoms with Crippen molar-refractivity contribution in [2.45, 2.75) is 39.2 Å². The van der Waals surface area contributed by atoms with Crippen molar-refractivity contribution in [2.24, 2.45) is 0 Å². The van der Waals surface area contributed by atoms with Crippen LogP contribution in [0.3, 0.4) is 0 Å². The lowest BCUT2D eigenvalue weighted by molar-refractivity contribution is 0.206. The number of hydrogen-bond acceptors (Lipinski definition) is 3. The van der Waals surface area contributed by atoms with Crippen LogP contribution in [0.2, 0.25) is 0 Å². The number of nitrogens with zero attached hydrogens (tertiary/aromatic N) is 2. The number of anilines is 1. The fraction of sp³-hybridized carbons (Fsp3) is 0.412. The van der Waals surface area contributed by atoms with E-state index in [0.717, 1.165) is 36.3 Å². The van der Waals surface area contributed by atoms with Gasteiger partial charge in [-0.2, -0.15) is 0 Å². The number of nitrogens with one attached hydrogen (secondary N) is 1. The minimum absolute atomic E-state index is 0.0373. The molecule has 1 aliphatic heterocycles. The lowest BCUT2D eigenvalue weighted by Crippen LogP contribution is -2.34. The van der Waals surface area contributed by atoms with E-state index in [1.165, 1.54) is 12.1 Å². The number of rotatable bonds is 3. The summed E-state index contributed by atoms with van der Waals surface area (Å²) in [5.41, 5.74) is 2.30. The molecule has 1 saturated heterocycles. The molecule has 1 atom stereocenters. The van der Waals surface area contributed by atoms with E-state index in [1.807, 2.05) is 13.8 Å². The molecule has 122 valence electrons. The number of aromatic nitrogens is 1. The van der Waals surface area contributed by atoms with Gasteiger partial charge in [-0.25, -0.2) is 9.18 Å². The van der Waals surface area contributed by atoms with E-state index < -0.39 is 0 Å². The van der Waals surface area contributed by atoms with Crippen molar-refractivity contribution in [1.82, 2.24) is 10.1 Å². The Morgan fingerprint density at radius 1 is 1.52 bits per heavy atom. The lowest BCUT2D eigenvalue weighted by Gasteiger charge is -2.25. The summed E-state index contributed by atoms with van der Waals surface area (Å²) >= 11 is 0. The first-order chi connectivity index (χ1) is 11.1. The smallest absolute Gasteiger partial charge is 0.322 e. The Kier molecular flexibility index (Phi) is 4.32. The van der Waals surface area contributed by atoms with Gasteiger partial charge < -0.3 is 14.7 Å². The van der Waals surface area contributed by atoms with E-state index in [2.05, 4.69) is 10.5 Å². The van der Waals surface area contributed by atoms with E-state index in [9.17, 15) is 9.18 Å². The maximum absolute atomic E-state index is 13.3. The summed E-state index contributed by atoms with van der Waals surface area (Å²) in [6.07, 6.45) is 2.55. The molecule has 1 aliphatic rings. The van der Waals surface area contributed by atoms with Crippen molar-refractivity contribution in [3.8, 4) is 0 Å². The van der Waals surface area contributed by atoms with E-state index in [-0.39, 0.29) is 17.9 Å². The SMILES string of the molecule is CCc1onc(C)c1[C@@H]1CCCN1C(=O)Nc1cccc(F)c1. The van der Waals surface area contributed by atoms with E-state index in [1.54, 1.807) is 17.0 Å². The Labute approximate surface area is 134 Å². The molecule has 2 amide bonds. The van der Waals surface area contributed by atoms with Crippen LogP contribution in [0, 0.1) is 12.7 Å². The number of halogens is 1. The van der Waals surface area contributed by atoms with Crippen LogP contribution in [0.25, 0.3) is 0 Å². The number of carbonyl (C=O) groups excluding carboxylic acids is 1. The average Bonchev–Trinajstić information content (AvgIpc) is 3.13. The van der Waals surface area contributed by atoms with Crippen LogP contribution in [-0.2, 0) is 6.42 Å². The van der Waals surface area contributed by atoms with Gasteiger partial charge in [-0.15, -0.1) is 0 Å². The molecule has 0 unspecified atom stereocenters. The Morgan fingerprint density at radius 3 is 3.09 bits per heavy atom. The maximum atomic E-state index is 13.3. The van der Waals surface area contributed by atoms with Gasteiger partial charge in [-0.3, -0.25) is 0 Å². The fourth-order valence-corrected chi connectivity index (χ4v) is 3.18. The van der Waals surface area contributed by atoms with Gasteiger partial charge >= 0.3 is 6.03 Å². The molecule has 3 rings (SSSR count). The minimum atomic E-state index is -0.371. The standard InChI is InChI=1S/C17H20FN3O2/c1-3-15-16(11(2)20-23-15)14-8-5-9-21(14)17(22)19-13-7-4-6-12(18)10-13/h4,6-7,10,14H,3,5,8-9H2,1-2H3,(H,19,22)/t14-/m0/s1. The number of urea groups is 1. The molecule has 0 saturated carbocycles. The zero-order valence-electron chi connectivity index (χ0n) is 13.3. The van der Waals surface area contributed by atoms with Gasteiger partial charge in [0.25, 0.3) is 0 Å². The zero-order chi connectivity index (χ0) is 16.4. The van der Waals surface area contributed by atoms with Gasteiger partial charge in [-0.1, -0.05) is 18.1 Å². The second kappa shape index (κ2) is 6.40. The van der Waals surface area contributed by atoms with Gasteiger partial charge in [0.1, 0.15) is 11.6 Å². The highest BCUT2D eigenvalue weighted by Gasteiger charge is 2.34. The fourth-order valence-electron chi connectivity index (χ4n) is 3.18. The van der Waals surface area contributed by atoms with Crippen LogP contribution < -0.4 is 5.32 Å². The summed E-state index contributed by atoms with van der Waals surface area (Å²) in [5.74, 6) is 0.460. The van der Waals surface area contributed by atoms with Crippen LogP contribution >= 0.6 is 0 Å². The second-order valence-corrected chi connectivity index (χ2v) is 5.75. The number of benzene rings is 1. The first-order valence-corrected chi connectivity index (χ1v) is 7.88. The summed E-state index contributed by atoms with van der Waals surface area (Å²) in [5, 5.41) is 6.81. The number of carbonyl (C=O) groups is 1. The van der Waals surface area contributed by atoms with Gasteiger partial charge in [0.05, 0.1) is 11.7 Å². The van der Waals surface area contributed by atoms with Crippen LogP contribution in [0.5, 0.6) is 0 Å². The number of aryl methyl sites for hydroxylation is 2. The summed E-state index contributed by atoms with van der Waals surface area (Å²) in [6, 6.07) is 5.65. The molecule has 0 radical (unpaired) electrons. The number of amides is 2. The quantitative estimate of drug-likeness (QED) is 0.929. The molecule has 5 nitrogen and oxygen atoms in total.